The summed E-state index contributed by atoms with van der Waals surface area (Å²) in [6.07, 6.45) is 0. The van der Waals surface area contributed by atoms with Gasteiger partial charge >= 0.3 is 0 Å². The summed E-state index contributed by atoms with van der Waals surface area (Å²) in [5, 5.41) is 3.41. The minimum atomic E-state index is 0.524. The molecule has 0 amide bonds. The van der Waals surface area contributed by atoms with Crippen LogP contribution in [0.3, 0.4) is 0 Å². The number of morpholine rings is 1. The molecule has 1 aromatic rings. The average molecular weight is 377 g/mol. The maximum Gasteiger partial charge on any atom is 0.193 e. The predicted octanol–water partition coefficient (Wildman–Crippen LogP) is 2.45. The fraction of sp³-hybridized carbons (Fsp3) is 0.667. The molecule has 1 aromatic carbocycles. The first-order chi connectivity index (χ1) is 13.1. The van der Waals surface area contributed by atoms with E-state index in [1.165, 1.54) is 5.56 Å². The van der Waals surface area contributed by atoms with Crippen LogP contribution in [0.1, 0.15) is 26.3 Å². The monoisotopic (exact) mass is 376 g/mol. The summed E-state index contributed by atoms with van der Waals surface area (Å²) in [4.78, 5) is 9.52. The normalized spacial score (nSPS) is 16.8. The summed E-state index contributed by atoms with van der Waals surface area (Å²) in [5.74, 6) is 2.40. The van der Waals surface area contributed by atoms with Crippen molar-refractivity contribution in [1.82, 2.24) is 15.1 Å². The molecular formula is C21H36N4O2. The van der Waals surface area contributed by atoms with Gasteiger partial charge < -0.3 is 19.7 Å². The number of rotatable bonds is 9. The van der Waals surface area contributed by atoms with Gasteiger partial charge in [-0.25, -0.2) is 0 Å². The van der Waals surface area contributed by atoms with E-state index in [0.29, 0.717) is 12.5 Å². The van der Waals surface area contributed by atoms with Gasteiger partial charge in [0.2, 0.25) is 0 Å². The molecule has 1 heterocycles. The largest absolute Gasteiger partial charge is 0.494 e. The smallest absolute Gasteiger partial charge is 0.193 e. The van der Waals surface area contributed by atoms with Crippen molar-refractivity contribution < 1.29 is 9.47 Å². The summed E-state index contributed by atoms with van der Waals surface area (Å²) in [6.45, 7) is 14.4. The molecule has 1 unspecified atom stereocenters. The van der Waals surface area contributed by atoms with Gasteiger partial charge in [0.1, 0.15) is 5.75 Å². The van der Waals surface area contributed by atoms with Gasteiger partial charge in [-0.15, -0.1) is 0 Å². The number of hydrogen-bond acceptors (Lipinski definition) is 4. The van der Waals surface area contributed by atoms with Crippen molar-refractivity contribution in [3.63, 3.8) is 0 Å². The highest BCUT2D eigenvalue weighted by atomic mass is 16.5. The third kappa shape index (κ3) is 7.77. The van der Waals surface area contributed by atoms with Crippen molar-refractivity contribution in [2.45, 2.75) is 27.3 Å². The van der Waals surface area contributed by atoms with E-state index in [1.807, 2.05) is 19.1 Å². The highest BCUT2D eigenvalue weighted by Gasteiger charge is 2.14. The molecule has 1 N–H and O–H groups in total. The van der Waals surface area contributed by atoms with Gasteiger partial charge in [0.05, 0.1) is 19.8 Å². The second kappa shape index (κ2) is 11.8. The van der Waals surface area contributed by atoms with Gasteiger partial charge in [-0.05, 0) is 37.5 Å². The van der Waals surface area contributed by atoms with Crippen LogP contribution in [-0.2, 0) is 11.3 Å². The number of nitrogens with one attached hydrogen (secondary N) is 1. The first kappa shape index (κ1) is 21.5. The van der Waals surface area contributed by atoms with Crippen molar-refractivity contribution in [3.8, 4) is 5.75 Å². The lowest BCUT2D eigenvalue weighted by Gasteiger charge is -2.29. The molecule has 1 saturated heterocycles. The Bertz CT molecular complexity index is 556. The number of ether oxygens (including phenoxy) is 2. The zero-order valence-electron chi connectivity index (χ0n) is 17.4. The highest BCUT2D eigenvalue weighted by molar-refractivity contribution is 5.79. The number of nitrogens with zero attached hydrogens (tertiary/aromatic N) is 3. The molecule has 1 aliphatic heterocycles. The summed E-state index contributed by atoms with van der Waals surface area (Å²) >= 11 is 0. The Morgan fingerprint density at radius 2 is 1.96 bits per heavy atom. The van der Waals surface area contributed by atoms with E-state index in [2.05, 4.69) is 48.1 Å². The van der Waals surface area contributed by atoms with Crippen molar-refractivity contribution >= 4 is 5.96 Å². The lowest BCUT2D eigenvalue weighted by Crippen LogP contribution is -2.40. The molecule has 1 fully saturated rings. The van der Waals surface area contributed by atoms with Gasteiger partial charge in [-0.3, -0.25) is 9.89 Å². The number of benzene rings is 1. The van der Waals surface area contributed by atoms with Gasteiger partial charge in [0, 0.05) is 46.3 Å². The molecule has 2 rings (SSSR count). The Hall–Kier alpha value is -1.79. The zero-order chi connectivity index (χ0) is 19.5. The zero-order valence-corrected chi connectivity index (χ0v) is 17.4. The summed E-state index contributed by atoms with van der Waals surface area (Å²) in [5.41, 5.74) is 1.24. The average Bonchev–Trinajstić information content (AvgIpc) is 2.67. The van der Waals surface area contributed by atoms with Crippen molar-refractivity contribution in [2.75, 3.05) is 59.6 Å². The highest BCUT2D eigenvalue weighted by Crippen LogP contribution is 2.13. The van der Waals surface area contributed by atoms with Crippen LogP contribution in [-0.4, -0.2) is 75.4 Å². The number of hydrogen-bond donors (Lipinski definition) is 1. The molecule has 6 nitrogen and oxygen atoms in total. The molecule has 27 heavy (non-hydrogen) atoms. The third-order valence-electron chi connectivity index (χ3n) is 4.58. The van der Waals surface area contributed by atoms with Crippen LogP contribution in [0.5, 0.6) is 5.75 Å². The quantitative estimate of drug-likeness (QED) is 0.530. The molecule has 0 saturated carbocycles. The van der Waals surface area contributed by atoms with Gasteiger partial charge in [-0.1, -0.05) is 19.1 Å². The molecule has 152 valence electrons. The van der Waals surface area contributed by atoms with E-state index in [-0.39, 0.29) is 0 Å². The van der Waals surface area contributed by atoms with E-state index in [4.69, 9.17) is 14.5 Å². The van der Waals surface area contributed by atoms with Crippen LogP contribution < -0.4 is 10.1 Å². The van der Waals surface area contributed by atoms with E-state index in [0.717, 1.165) is 64.2 Å². The fourth-order valence-corrected chi connectivity index (χ4v) is 3.20. The first-order valence-corrected chi connectivity index (χ1v) is 10.1. The molecule has 1 aliphatic rings. The summed E-state index contributed by atoms with van der Waals surface area (Å²) in [6, 6.07) is 8.29. The summed E-state index contributed by atoms with van der Waals surface area (Å²) < 4.78 is 10.9. The van der Waals surface area contributed by atoms with Gasteiger partial charge in [0.25, 0.3) is 0 Å². The Labute approximate surface area is 164 Å². The molecule has 0 radical (unpaired) electrons. The topological polar surface area (TPSA) is 49.3 Å². The van der Waals surface area contributed by atoms with Crippen molar-refractivity contribution in [2.24, 2.45) is 10.9 Å². The van der Waals surface area contributed by atoms with Gasteiger partial charge in [-0.2, -0.15) is 0 Å². The van der Waals surface area contributed by atoms with Crippen molar-refractivity contribution in [3.05, 3.63) is 29.8 Å². The molecule has 0 spiro atoms. The maximum atomic E-state index is 5.52. The van der Waals surface area contributed by atoms with Crippen LogP contribution in [0.4, 0.5) is 0 Å². The van der Waals surface area contributed by atoms with E-state index >= 15 is 0 Å². The standard InChI is InChI=1S/C21H36N4O2/c1-5-22-21(23-15-18(3)16-25-11-13-26-14-12-25)24(4)17-19-7-9-20(10-8-19)27-6-2/h7-10,18H,5-6,11-17H2,1-4H3,(H,22,23). The van der Waals surface area contributed by atoms with E-state index in [1.54, 1.807) is 0 Å². The van der Waals surface area contributed by atoms with Crippen LogP contribution in [0, 0.1) is 5.92 Å². The predicted molar refractivity (Wildman–Crippen MR) is 111 cm³/mol. The second-order valence-electron chi connectivity index (χ2n) is 7.15. The molecule has 0 aliphatic carbocycles. The van der Waals surface area contributed by atoms with E-state index < -0.39 is 0 Å². The van der Waals surface area contributed by atoms with E-state index in [9.17, 15) is 0 Å². The van der Waals surface area contributed by atoms with Crippen LogP contribution in [0.25, 0.3) is 0 Å². The lowest BCUT2D eigenvalue weighted by atomic mass is 10.1. The third-order valence-corrected chi connectivity index (χ3v) is 4.58. The second-order valence-corrected chi connectivity index (χ2v) is 7.15. The van der Waals surface area contributed by atoms with Crippen molar-refractivity contribution in [1.29, 1.82) is 0 Å². The van der Waals surface area contributed by atoms with Crippen LogP contribution in [0.15, 0.2) is 29.3 Å². The van der Waals surface area contributed by atoms with Gasteiger partial charge in [0.15, 0.2) is 5.96 Å². The Morgan fingerprint density at radius 3 is 2.59 bits per heavy atom. The summed E-state index contributed by atoms with van der Waals surface area (Å²) in [7, 11) is 2.09. The molecule has 0 bridgehead atoms. The molecule has 1 atom stereocenters. The minimum Gasteiger partial charge on any atom is -0.494 e. The number of aliphatic imine (C=N–C) groups is 1. The van der Waals surface area contributed by atoms with Crippen LogP contribution >= 0.6 is 0 Å². The fourth-order valence-electron chi connectivity index (χ4n) is 3.20. The maximum absolute atomic E-state index is 5.52. The molecule has 0 aromatic heterocycles. The molecular weight excluding hydrogens is 340 g/mol. The van der Waals surface area contributed by atoms with Crippen LogP contribution in [0.2, 0.25) is 0 Å². The lowest BCUT2D eigenvalue weighted by molar-refractivity contribution is 0.0323. The first-order valence-electron chi connectivity index (χ1n) is 10.1. The number of guanidine groups is 1. The Kier molecular flexibility index (Phi) is 9.42. The molecule has 6 heteroatoms. The SMILES string of the molecule is CCNC(=NCC(C)CN1CCOCC1)N(C)Cc1ccc(OCC)cc1. The Balaban J connectivity index is 1.88. The minimum absolute atomic E-state index is 0.524. The Morgan fingerprint density at radius 1 is 1.26 bits per heavy atom.